The van der Waals surface area contributed by atoms with Gasteiger partial charge in [-0.15, -0.1) is 0 Å². The summed E-state index contributed by atoms with van der Waals surface area (Å²) in [6.45, 7) is 8.00. The van der Waals surface area contributed by atoms with E-state index in [1.807, 2.05) is 27.7 Å². The molecule has 0 aliphatic heterocycles. The zero-order valence-corrected chi connectivity index (χ0v) is 8.00. The molecule has 2 heteroatoms. The van der Waals surface area contributed by atoms with Gasteiger partial charge in [-0.2, -0.15) is 0 Å². The molecule has 0 bridgehead atoms. The van der Waals surface area contributed by atoms with Gasteiger partial charge in [0.25, 0.3) is 0 Å². The van der Waals surface area contributed by atoms with Crippen LogP contribution < -0.4 is 0 Å². The molecule has 0 nitrogen and oxygen atoms in total. The fraction of sp³-hybridized carbons (Fsp3) is 0.556. The SMILES string of the molecule is C1=CCC=C1.CC.CC.F.[B]. The van der Waals surface area contributed by atoms with Crippen molar-refractivity contribution in [3.63, 3.8) is 0 Å². The van der Waals surface area contributed by atoms with Crippen LogP contribution in [-0.4, -0.2) is 8.41 Å². The van der Waals surface area contributed by atoms with Gasteiger partial charge in [-0.1, -0.05) is 52.0 Å². The Morgan fingerprint density at radius 3 is 1.18 bits per heavy atom. The minimum Gasteiger partial charge on any atom is -0.269 e. The number of hydrogen-bond donors (Lipinski definition) is 0. The highest BCUT2D eigenvalue weighted by Crippen LogP contribution is 1.93. The van der Waals surface area contributed by atoms with Crippen LogP contribution in [0.3, 0.4) is 0 Å². The second-order valence-electron chi connectivity index (χ2n) is 1.09. The zero-order chi connectivity index (χ0) is 7.54. The second-order valence-corrected chi connectivity index (χ2v) is 1.09. The van der Waals surface area contributed by atoms with Gasteiger partial charge in [0.1, 0.15) is 0 Å². The molecule has 0 heterocycles. The van der Waals surface area contributed by atoms with E-state index in [9.17, 15) is 0 Å². The molecule has 0 aromatic carbocycles. The summed E-state index contributed by atoms with van der Waals surface area (Å²) in [6, 6.07) is 0. The van der Waals surface area contributed by atoms with Gasteiger partial charge in [0.15, 0.2) is 0 Å². The van der Waals surface area contributed by atoms with Crippen molar-refractivity contribution in [3.8, 4) is 0 Å². The Morgan fingerprint density at radius 2 is 1.09 bits per heavy atom. The van der Waals surface area contributed by atoms with Crippen LogP contribution in [0.2, 0.25) is 0 Å². The van der Waals surface area contributed by atoms with Crippen LogP contribution in [0.4, 0.5) is 4.70 Å². The monoisotopic (exact) mass is 157 g/mol. The lowest BCUT2D eigenvalue weighted by Crippen LogP contribution is -1.37. The first-order chi connectivity index (χ1) is 4.50. The second kappa shape index (κ2) is 34.0. The summed E-state index contributed by atoms with van der Waals surface area (Å²) in [7, 11) is 0. The van der Waals surface area contributed by atoms with Crippen molar-refractivity contribution in [1.29, 1.82) is 0 Å². The minimum absolute atomic E-state index is 0. The molecule has 1 aliphatic carbocycles. The zero-order valence-electron chi connectivity index (χ0n) is 8.00. The highest BCUT2D eigenvalue weighted by atomic mass is 19.0. The Balaban J connectivity index is -0.0000000369. The average Bonchev–Trinajstić information content (AvgIpc) is 2.51. The summed E-state index contributed by atoms with van der Waals surface area (Å²) in [4.78, 5) is 0. The minimum atomic E-state index is 0. The number of rotatable bonds is 0. The molecule has 0 N–H and O–H groups in total. The molecule has 0 spiro atoms. The quantitative estimate of drug-likeness (QED) is 0.473. The Hall–Kier alpha value is -0.525. The summed E-state index contributed by atoms with van der Waals surface area (Å²) in [5, 5.41) is 0. The highest BCUT2D eigenvalue weighted by molar-refractivity contribution is 5.75. The van der Waals surface area contributed by atoms with Gasteiger partial charge in [0, 0.05) is 8.41 Å². The Labute approximate surface area is 72.3 Å². The van der Waals surface area contributed by atoms with Gasteiger partial charge in [-0.05, 0) is 6.42 Å². The van der Waals surface area contributed by atoms with Gasteiger partial charge >= 0.3 is 0 Å². The third-order valence-corrected chi connectivity index (χ3v) is 0.655. The summed E-state index contributed by atoms with van der Waals surface area (Å²) in [5.41, 5.74) is 0. The Morgan fingerprint density at radius 1 is 0.818 bits per heavy atom. The third-order valence-electron chi connectivity index (χ3n) is 0.655. The van der Waals surface area contributed by atoms with Crippen molar-refractivity contribution in [3.05, 3.63) is 24.3 Å². The van der Waals surface area contributed by atoms with Gasteiger partial charge in [-0.3, -0.25) is 4.70 Å². The maximum absolute atomic E-state index is 2.12. The van der Waals surface area contributed by atoms with E-state index < -0.39 is 0 Å². The van der Waals surface area contributed by atoms with Crippen LogP contribution >= 0.6 is 0 Å². The van der Waals surface area contributed by atoms with E-state index in [1.165, 1.54) is 0 Å². The maximum atomic E-state index is 2.12. The molecule has 0 saturated heterocycles. The fourth-order valence-corrected chi connectivity index (χ4v) is 0.393. The number of allylic oxidation sites excluding steroid dienone is 4. The van der Waals surface area contributed by atoms with E-state index in [-0.39, 0.29) is 13.1 Å². The van der Waals surface area contributed by atoms with E-state index in [0.717, 1.165) is 6.42 Å². The molecule has 0 aromatic rings. The first kappa shape index (κ1) is 22.4. The molecule has 0 aromatic heterocycles. The van der Waals surface area contributed by atoms with Crippen LogP contribution in [-0.2, 0) is 0 Å². The van der Waals surface area contributed by atoms with Crippen LogP contribution in [0.15, 0.2) is 24.3 Å². The molecule has 11 heavy (non-hydrogen) atoms. The van der Waals surface area contributed by atoms with Crippen LogP contribution in [0.25, 0.3) is 0 Å². The molecular formula is C9H19BF. The van der Waals surface area contributed by atoms with Crippen molar-refractivity contribution < 1.29 is 4.70 Å². The van der Waals surface area contributed by atoms with Gasteiger partial charge in [-0.25, -0.2) is 0 Å². The lowest BCUT2D eigenvalue weighted by atomic mass is 10.5. The van der Waals surface area contributed by atoms with E-state index in [0.29, 0.717) is 0 Å². The fourth-order valence-electron chi connectivity index (χ4n) is 0.393. The summed E-state index contributed by atoms with van der Waals surface area (Å²) in [5.74, 6) is 0. The van der Waals surface area contributed by atoms with Crippen molar-refractivity contribution in [2.75, 3.05) is 0 Å². The number of hydrogen-bond acceptors (Lipinski definition) is 0. The highest BCUT2D eigenvalue weighted by Gasteiger charge is 1.72. The lowest BCUT2D eigenvalue weighted by Gasteiger charge is -1.57. The van der Waals surface area contributed by atoms with Crippen molar-refractivity contribution in [1.82, 2.24) is 0 Å². The van der Waals surface area contributed by atoms with E-state index >= 15 is 0 Å². The van der Waals surface area contributed by atoms with Crippen LogP contribution in [0.1, 0.15) is 34.1 Å². The van der Waals surface area contributed by atoms with E-state index in [4.69, 9.17) is 0 Å². The Bertz CT molecular complexity index is 67.6. The van der Waals surface area contributed by atoms with Crippen LogP contribution in [0.5, 0.6) is 0 Å². The Kier molecular flexibility index (Phi) is 69.3. The largest absolute Gasteiger partial charge is 0.269 e. The van der Waals surface area contributed by atoms with Crippen molar-refractivity contribution in [2.45, 2.75) is 34.1 Å². The molecule has 3 radical (unpaired) electrons. The molecule has 0 fully saturated rings. The third kappa shape index (κ3) is 26.4. The van der Waals surface area contributed by atoms with Gasteiger partial charge in [0.05, 0.1) is 0 Å². The molecule has 65 valence electrons. The normalized spacial score (nSPS) is 9.09. The van der Waals surface area contributed by atoms with Gasteiger partial charge < -0.3 is 0 Å². The van der Waals surface area contributed by atoms with Crippen LogP contribution in [0, 0.1) is 0 Å². The van der Waals surface area contributed by atoms with Crippen molar-refractivity contribution in [2.24, 2.45) is 0 Å². The predicted octanol–water partition coefficient (Wildman–Crippen LogP) is 3.33. The first-order valence-electron chi connectivity index (χ1n) is 3.82. The number of halogens is 1. The maximum Gasteiger partial charge on any atom is 0 e. The molecule has 0 unspecified atom stereocenters. The molecular weight excluding hydrogens is 138 g/mol. The predicted molar refractivity (Wildman–Crippen MR) is 53.9 cm³/mol. The van der Waals surface area contributed by atoms with E-state index in [2.05, 4.69) is 24.3 Å². The first-order valence-corrected chi connectivity index (χ1v) is 3.82. The molecule has 1 aliphatic rings. The molecule has 0 atom stereocenters. The van der Waals surface area contributed by atoms with E-state index in [1.54, 1.807) is 0 Å². The standard InChI is InChI=1S/C5H6.2C2H6.B.FH/c1-2-4-5-3-1;2*1-2;;/h1-4H,5H2;2*1-2H3;;1H. The summed E-state index contributed by atoms with van der Waals surface area (Å²) < 4.78 is 0. The summed E-state index contributed by atoms with van der Waals surface area (Å²) >= 11 is 0. The van der Waals surface area contributed by atoms with Crippen molar-refractivity contribution >= 4 is 8.41 Å². The van der Waals surface area contributed by atoms with Gasteiger partial charge in [0.2, 0.25) is 0 Å². The molecule has 0 saturated carbocycles. The lowest BCUT2D eigenvalue weighted by molar-refractivity contribution is 1.11. The average molecular weight is 157 g/mol. The topological polar surface area (TPSA) is 0 Å². The molecule has 1 rings (SSSR count). The summed E-state index contributed by atoms with van der Waals surface area (Å²) in [6.07, 6.45) is 9.50. The smallest absolute Gasteiger partial charge is 0 e. The molecule has 0 amide bonds.